The van der Waals surface area contributed by atoms with Gasteiger partial charge < -0.3 is 9.16 Å². The molecular weight excluding hydrogens is 404 g/mol. The molecule has 1 fully saturated rings. The summed E-state index contributed by atoms with van der Waals surface area (Å²) in [5, 5.41) is 2.65. The zero-order valence-electron chi connectivity index (χ0n) is 19.6. The van der Waals surface area contributed by atoms with Gasteiger partial charge in [0.05, 0.1) is 12.7 Å². The van der Waals surface area contributed by atoms with Crippen molar-refractivity contribution in [2.75, 3.05) is 12.9 Å². The van der Waals surface area contributed by atoms with Gasteiger partial charge in [-0.1, -0.05) is 102 Å². The van der Waals surface area contributed by atoms with Gasteiger partial charge in [-0.25, -0.2) is 0 Å². The highest BCUT2D eigenvalue weighted by atomic mass is 32.2. The van der Waals surface area contributed by atoms with E-state index in [4.69, 9.17) is 9.16 Å². The van der Waals surface area contributed by atoms with Crippen LogP contribution in [0.15, 0.2) is 60.7 Å². The van der Waals surface area contributed by atoms with E-state index >= 15 is 0 Å². The van der Waals surface area contributed by atoms with Gasteiger partial charge in [-0.3, -0.25) is 0 Å². The Hall–Kier alpha value is -1.07. The molecule has 4 heteroatoms. The fourth-order valence-corrected chi connectivity index (χ4v) is 10.4. The standard InChI is InChI=1S/C26H38O2SSi/c1-19-20(2)24(28-25(29-7)21(19)3)18-27-30(26(4,5)6,22-14-10-8-11-15-22)23-16-12-9-13-17-23/h8-17,19-21,24-25H,18H2,1-7H3/t19-,20+,21?,24?,25-/m0/s1. The van der Waals surface area contributed by atoms with Crippen LogP contribution < -0.4 is 10.4 Å². The van der Waals surface area contributed by atoms with Gasteiger partial charge >= 0.3 is 0 Å². The van der Waals surface area contributed by atoms with Crippen LogP contribution in [0.1, 0.15) is 41.5 Å². The van der Waals surface area contributed by atoms with Gasteiger partial charge in [-0.15, -0.1) is 11.8 Å². The summed E-state index contributed by atoms with van der Waals surface area (Å²) in [6, 6.07) is 21.8. The summed E-state index contributed by atoms with van der Waals surface area (Å²) in [6.07, 6.45) is 2.28. The van der Waals surface area contributed by atoms with Crippen molar-refractivity contribution in [2.24, 2.45) is 17.8 Å². The van der Waals surface area contributed by atoms with E-state index in [9.17, 15) is 0 Å². The lowest BCUT2D eigenvalue weighted by Crippen LogP contribution is -2.67. The van der Waals surface area contributed by atoms with Gasteiger partial charge in [0, 0.05) is 0 Å². The summed E-state index contributed by atoms with van der Waals surface area (Å²) in [5.74, 6) is 1.64. The van der Waals surface area contributed by atoms with Gasteiger partial charge in [0.1, 0.15) is 5.44 Å². The third-order valence-corrected chi connectivity index (χ3v) is 13.1. The highest BCUT2D eigenvalue weighted by molar-refractivity contribution is 7.99. The Bertz CT molecular complexity index is 748. The van der Waals surface area contributed by atoms with Crippen molar-refractivity contribution in [2.45, 2.75) is 58.1 Å². The molecule has 164 valence electrons. The molecule has 0 bridgehead atoms. The van der Waals surface area contributed by atoms with Gasteiger partial charge in [0.25, 0.3) is 8.32 Å². The predicted molar refractivity (Wildman–Crippen MR) is 133 cm³/mol. The summed E-state index contributed by atoms with van der Waals surface area (Å²) in [6.45, 7) is 14.7. The Morgan fingerprint density at radius 3 is 1.77 bits per heavy atom. The third kappa shape index (κ3) is 4.43. The first kappa shape index (κ1) is 23.6. The molecule has 1 aliphatic heterocycles. The molecule has 2 nitrogen and oxygen atoms in total. The number of hydrogen-bond donors (Lipinski definition) is 0. The molecule has 1 aliphatic rings. The van der Waals surface area contributed by atoms with Crippen LogP contribution in [0.3, 0.4) is 0 Å². The van der Waals surface area contributed by atoms with Crippen molar-refractivity contribution in [3.8, 4) is 0 Å². The number of rotatable bonds is 6. The molecule has 2 aromatic carbocycles. The molecule has 30 heavy (non-hydrogen) atoms. The number of benzene rings is 2. The Kier molecular flexibility index (Phi) is 7.55. The van der Waals surface area contributed by atoms with Crippen molar-refractivity contribution < 1.29 is 9.16 Å². The second-order valence-corrected chi connectivity index (χ2v) is 15.1. The second kappa shape index (κ2) is 9.60. The Morgan fingerprint density at radius 1 is 0.833 bits per heavy atom. The molecule has 0 spiro atoms. The molecular formula is C26H38O2SSi. The molecule has 1 heterocycles. The summed E-state index contributed by atoms with van der Waals surface area (Å²) in [4.78, 5) is 0. The zero-order chi connectivity index (χ0) is 21.9. The number of hydrogen-bond acceptors (Lipinski definition) is 3. The average molecular weight is 443 g/mol. The topological polar surface area (TPSA) is 18.5 Å². The van der Waals surface area contributed by atoms with Crippen molar-refractivity contribution >= 4 is 30.5 Å². The first-order valence-corrected chi connectivity index (χ1v) is 14.3. The van der Waals surface area contributed by atoms with E-state index in [1.807, 2.05) is 11.8 Å². The predicted octanol–water partition coefficient (Wildman–Crippen LogP) is 5.56. The number of thioether (sulfide) groups is 1. The fourth-order valence-electron chi connectivity index (χ4n) is 4.92. The molecule has 5 atom stereocenters. The lowest BCUT2D eigenvalue weighted by Gasteiger charge is -2.47. The van der Waals surface area contributed by atoms with E-state index in [-0.39, 0.29) is 16.6 Å². The van der Waals surface area contributed by atoms with Crippen LogP contribution in [-0.2, 0) is 9.16 Å². The molecule has 2 aromatic rings. The first-order chi connectivity index (χ1) is 14.2. The van der Waals surface area contributed by atoms with Crippen LogP contribution in [0.4, 0.5) is 0 Å². The van der Waals surface area contributed by atoms with E-state index in [0.29, 0.717) is 24.4 Å². The summed E-state index contributed by atoms with van der Waals surface area (Å²) >= 11 is 1.83. The van der Waals surface area contributed by atoms with Crippen molar-refractivity contribution in [1.29, 1.82) is 0 Å². The fraction of sp³-hybridized carbons (Fsp3) is 0.538. The normalized spacial score (nSPS) is 27.8. The quantitative estimate of drug-likeness (QED) is 0.546. The minimum absolute atomic E-state index is 0.00850. The van der Waals surface area contributed by atoms with Gasteiger partial charge in [-0.2, -0.15) is 0 Å². The SMILES string of the molecule is CS[C@@H]1OC(CO[Si](c2ccccc2)(c2ccccc2)C(C)(C)C)[C@H](C)[C@H](C)C1C. The molecule has 0 radical (unpaired) electrons. The molecule has 0 aromatic heterocycles. The Morgan fingerprint density at radius 2 is 1.33 bits per heavy atom. The van der Waals surface area contributed by atoms with E-state index in [1.165, 1.54) is 10.4 Å². The van der Waals surface area contributed by atoms with Crippen molar-refractivity contribution in [3.05, 3.63) is 60.7 Å². The minimum atomic E-state index is -2.52. The lowest BCUT2D eigenvalue weighted by atomic mass is 9.80. The highest BCUT2D eigenvalue weighted by Gasteiger charge is 2.51. The largest absolute Gasteiger partial charge is 0.405 e. The van der Waals surface area contributed by atoms with Crippen molar-refractivity contribution in [3.63, 3.8) is 0 Å². The average Bonchev–Trinajstić information content (AvgIpc) is 2.74. The Labute approximate surface area is 188 Å². The molecule has 2 unspecified atom stereocenters. The van der Waals surface area contributed by atoms with E-state index in [1.54, 1.807) is 0 Å². The maximum Gasteiger partial charge on any atom is 0.261 e. The first-order valence-electron chi connectivity index (χ1n) is 11.2. The lowest BCUT2D eigenvalue weighted by molar-refractivity contribution is -0.109. The zero-order valence-corrected chi connectivity index (χ0v) is 21.4. The van der Waals surface area contributed by atoms with Gasteiger partial charge in [0.15, 0.2) is 0 Å². The smallest absolute Gasteiger partial charge is 0.261 e. The van der Waals surface area contributed by atoms with Crippen LogP contribution in [0, 0.1) is 17.8 Å². The van der Waals surface area contributed by atoms with Crippen LogP contribution >= 0.6 is 11.8 Å². The van der Waals surface area contributed by atoms with E-state index in [2.05, 4.69) is 108 Å². The van der Waals surface area contributed by atoms with Crippen LogP contribution in [0.2, 0.25) is 5.04 Å². The Balaban J connectivity index is 2.00. The molecule has 0 aliphatic carbocycles. The second-order valence-electron chi connectivity index (χ2n) is 9.83. The van der Waals surface area contributed by atoms with Crippen molar-refractivity contribution in [1.82, 2.24) is 0 Å². The van der Waals surface area contributed by atoms with Crippen LogP contribution in [0.25, 0.3) is 0 Å². The maximum atomic E-state index is 7.16. The summed E-state index contributed by atoms with van der Waals surface area (Å²) < 4.78 is 13.7. The maximum absolute atomic E-state index is 7.16. The van der Waals surface area contributed by atoms with E-state index in [0.717, 1.165) is 0 Å². The van der Waals surface area contributed by atoms with Crippen LogP contribution in [-0.4, -0.2) is 32.7 Å². The molecule has 0 N–H and O–H groups in total. The summed E-state index contributed by atoms with van der Waals surface area (Å²) in [5.41, 5.74) is 0.240. The number of ether oxygens (including phenoxy) is 1. The highest BCUT2D eigenvalue weighted by Crippen LogP contribution is 2.41. The minimum Gasteiger partial charge on any atom is -0.405 e. The van der Waals surface area contributed by atoms with Gasteiger partial charge in [0.2, 0.25) is 0 Å². The van der Waals surface area contributed by atoms with Crippen LogP contribution in [0.5, 0.6) is 0 Å². The molecule has 0 amide bonds. The molecule has 0 saturated carbocycles. The van der Waals surface area contributed by atoms with Gasteiger partial charge in [-0.05, 0) is 39.4 Å². The molecule has 1 saturated heterocycles. The third-order valence-electron chi connectivity index (χ3n) is 7.10. The van der Waals surface area contributed by atoms with E-state index < -0.39 is 8.32 Å². The molecule has 3 rings (SSSR count). The summed E-state index contributed by atoms with van der Waals surface area (Å²) in [7, 11) is -2.52. The monoisotopic (exact) mass is 442 g/mol.